The van der Waals surface area contributed by atoms with Gasteiger partial charge in [-0.25, -0.2) is 0 Å². The van der Waals surface area contributed by atoms with Crippen molar-refractivity contribution in [1.82, 2.24) is 9.88 Å². The van der Waals surface area contributed by atoms with E-state index in [1.165, 1.54) is 11.1 Å². The molecule has 6 heteroatoms. The minimum Gasteiger partial charge on any atom is -0.480 e. The molecule has 98 valence electrons. The SMILES string of the molecule is CC(C)N(CC(=O)O)C(=O)Cc1ccc(N)cn1. The molecule has 1 aromatic heterocycles. The summed E-state index contributed by atoms with van der Waals surface area (Å²) < 4.78 is 0. The normalized spacial score (nSPS) is 10.4. The number of hydrogen-bond donors (Lipinski definition) is 2. The summed E-state index contributed by atoms with van der Waals surface area (Å²) in [7, 11) is 0. The molecule has 18 heavy (non-hydrogen) atoms. The summed E-state index contributed by atoms with van der Waals surface area (Å²) in [5.41, 5.74) is 6.60. The van der Waals surface area contributed by atoms with Crippen molar-refractivity contribution < 1.29 is 14.7 Å². The van der Waals surface area contributed by atoms with Crippen LogP contribution in [0.2, 0.25) is 0 Å². The number of nitrogens with zero attached hydrogens (tertiary/aromatic N) is 2. The highest BCUT2D eigenvalue weighted by Crippen LogP contribution is 2.06. The third-order valence-corrected chi connectivity index (χ3v) is 2.43. The van der Waals surface area contributed by atoms with E-state index in [2.05, 4.69) is 4.98 Å². The predicted molar refractivity (Wildman–Crippen MR) is 66.8 cm³/mol. The highest BCUT2D eigenvalue weighted by molar-refractivity contribution is 5.83. The van der Waals surface area contributed by atoms with Crippen LogP contribution in [-0.4, -0.2) is 39.5 Å². The second kappa shape index (κ2) is 6.00. The van der Waals surface area contributed by atoms with Gasteiger partial charge in [-0.2, -0.15) is 0 Å². The maximum atomic E-state index is 12.0. The van der Waals surface area contributed by atoms with Gasteiger partial charge in [0.2, 0.25) is 5.91 Å². The van der Waals surface area contributed by atoms with E-state index < -0.39 is 5.97 Å². The van der Waals surface area contributed by atoms with Gasteiger partial charge in [-0.05, 0) is 26.0 Å². The second-order valence-electron chi connectivity index (χ2n) is 4.27. The molecule has 1 amide bonds. The lowest BCUT2D eigenvalue weighted by molar-refractivity contribution is -0.145. The molecule has 0 aliphatic rings. The number of aliphatic carboxylic acids is 1. The zero-order valence-corrected chi connectivity index (χ0v) is 10.5. The van der Waals surface area contributed by atoms with Gasteiger partial charge in [-0.15, -0.1) is 0 Å². The van der Waals surface area contributed by atoms with Gasteiger partial charge in [0.15, 0.2) is 0 Å². The Morgan fingerprint density at radius 1 is 1.44 bits per heavy atom. The molecule has 0 fully saturated rings. The van der Waals surface area contributed by atoms with Crippen molar-refractivity contribution >= 4 is 17.6 Å². The Morgan fingerprint density at radius 3 is 2.56 bits per heavy atom. The van der Waals surface area contributed by atoms with Crippen LogP contribution in [0.5, 0.6) is 0 Å². The smallest absolute Gasteiger partial charge is 0.323 e. The van der Waals surface area contributed by atoms with Crippen LogP contribution in [0, 0.1) is 0 Å². The van der Waals surface area contributed by atoms with Crippen LogP contribution >= 0.6 is 0 Å². The number of carboxylic acid groups (broad SMARTS) is 1. The van der Waals surface area contributed by atoms with E-state index in [1.54, 1.807) is 26.0 Å². The molecule has 0 unspecified atom stereocenters. The van der Waals surface area contributed by atoms with E-state index in [4.69, 9.17) is 10.8 Å². The van der Waals surface area contributed by atoms with Crippen LogP contribution in [0.1, 0.15) is 19.5 Å². The van der Waals surface area contributed by atoms with Crippen LogP contribution in [0.15, 0.2) is 18.3 Å². The van der Waals surface area contributed by atoms with Gasteiger partial charge < -0.3 is 15.7 Å². The average Bonchev–Trinajstić information content (AvgIpc) is 2.28. The molecule has 0 saturated heterocycles. The number of carbonyl (C=O) groups is 2. The summed E-state index contributed by atoms with van der Waals surface area (Å²) in [5.74, 6) is -1.29. The van der Waals surface area contributed by atoms with Gasteiger partial charge >= 0.3 is 5.97 Å². The Labute approximate surface area is 105 Å². The standard InChI is InChI=1S/C12H17N3O3/c1-8(2)15(7-12(17)18)11(16)5-10-4-3-9(13)6-14-10/h3-4,6,8H,5,7,13H2,1-2H3,(H,17,18). The monoisotopic (exact) mass is 251 g/mol. The highest BCUT2D eigenvalue weighted by Gasteiger charge is 2.20. The lowest BCUT2D eigenvalue weighted by Gasteiger charge is -2.24. The fraction of sp³-hybridized carbons (Fsp3) is 0.417. The minimum atomic E-state index is -1.03. The van der Waals surface area contributed by atoms with Crippen molar-refractivity contribution in [3.8, 4) is 0 Å². The molecule has 0 atom stereocenters. The van der Waals surface area contributed by atoms with Crippen molar-refractivity contribution in [2.45, 2.75) is 26.3 Å². The Kier molecular flexibility index (Phi) is 4.65. The first-order valence-corrected chi connectivity index (χ1v) is 5.62. The summed E-state index contributed by atoms with van der Waals surface area (Å²) in [4.78, 5) is 28.0. The molecule has 0 aromatic carbocycles. The van der Waals surface area contributed by atoms with E-state index in [-0.39, 0.29) is 24.9 Å². The van der Waals surface area contributed by atoms with Crippen LogP contribution in [0.4, 0.5) is 5.69 Å². The molecule has 1 rings (SSSR count). The molecule has 3 N–H and O–H groups in total. The third-order valence-electron chi connectivity index (χ3n) is 2.43. The molecule has 0 radical (unpaired) electrons. The fourth-order valence-corrected chi connectivity index (χ4v) is 1.50. The largest absolute Gasteiger partial charge is 0.480 e. The first-order chi connectivity index (χ1) is 8.40. The lowest BCUT2D eigenvalue weighted by Crippen LogP contribution is -2.41. The van der Waals surface area contributed by atoms with Gasteiger partial charge in [0.25, 0.3) is 0 Å². The number of hydrogen-bond acceptors (Lipinski definition) is 4. The van der Waals surface area contributed by atoms with E-state index >= 15 is 0 Å². The van der Waals surface area contributed by atoms with Gasteiger partial charge in [0.05, 0.1) is 18.3 Å². The molecule has 0 spiro atoms. The van der Waals surface area contributed by atoms with Gasteiger partial charge in [-0.3, -0.25) is 14.6 Å². The van der Waals surface area contributed by atoms with Crippen molar-refractivity contribution in [3.63, 3.8) is 0 Å². The van der Waals surface area contributed by atoms with E-state index in [0.29, 0.717) is 11.4 Å². The number of amides is 1. The van der Waals surface area contributed by atoms with Gasteiger partial charge in [-0.1, -0.05) is 0 Å². The Hall–Kier alpha value is -2.11. The van der Waals surface area contributed by atoms with Crippen LogP contribution in [-0.2, 0) is 16.0 Å². The summed E-state index contributed by atoms with van der Waals surface area (Å²) in [6, 6.07) is 3.15. The summed E-state index contributed by atoms with van der Waals surface area (Å²) >= 11 is 0. The van der Waals surface area contributed by atoms with Crippen LogP contribution in [0.3, 0.4) is 0 Å². The molecule has 1 heterocycles. The van der Waals surface area contributed by atoms with Crippen LogP contribution in [0.25, 0.3) is 0 Å². The number of nitrogens with two attached hydrogens (primary N) is 1. The number of pyridine rings is 1. The Balaban J connectivity index is 2.72. The number of carboxylic acids is 1. The first kappa shape index (κ1) is 14.0. The summed E-state index contributed by atoms with van der Waals surface area (Å²) in [6.45, 7) is 3.25. The van der Waals surface area contributed by atoms with E-state index in [0.717, 1.165) is 0 Å². The fourth-order valence-electron chi connectivity index (χ4n) is 1.50. The Morgan fingerprint density at radius 2 is 2.11 bits per heavy atom. The van der Waals surface area contributed by atoms with Gasteiger partial charge in [0, 0.05) is 11.7 Å². The number of nitrogen functional groups attached to an aromatic ring is 1. The molecule has 0 bridgehead atoms. The van der Waals surface area contributed by atoms with E-state index in [1.807, 2.05) is 0 Å². The maximum Gasteiger partial charge on any atom is 0.323 e. The number of anilines is 1. The summed E-state index contributed by atoms with van der Waals surface area (Å²) in [5, 5.41) is 8.76. The highest BCUT2D eigenvalue weighted by atomic mass is 16.4. The number of carbonyl (C=O) groups excluding carboxylic acids is 1. The third kappa shape index (κ3) is 4.04. The van der Waals surface area contributed by atoms with Crippen molar-refractivity contribution in [2.75, 3.05) is 12.3 Å². The van der Waals surface area contributed by atoms with Gasteiger partial charge in [0.1, 0.15) is 6.54 Å². The maximum absolute atomic E-state index is 12.0. The molecular weight excluding hydrogens is 234 g/mol. The molecular formula is C12H17N3O3. The van der Waals surface area contributed by atoms with Crippen molar-refractivity contribution in [2.24, 2.45) is 0 Å². The zero-order chi connectivity index (χ0) is 13.7. The average molecular weight is 251 g/mol. The molecule has 0 aliphatic carbocycles. The number of rotatable bonds is 5. The summed E-state index contributed by atoms with van der Waals surface area (Å²) in [6.07, 6.45) is 1.55. The zero-order valence-electron chi connectivity index (χ0n) is 10.5. The molecule has 6 nitrogen and oxygen atoms in total. The minimum absolute atomic E-state index is 0.0751. The lowest BCUT2D eigenvalue weighted by atomic mass is 10.2. The van der Waals surface area contributed by atoms with E-state index in [9.17, 15) is 9.59 Å². The van der Waals surface area contributed by atoms with Crippen molar-refractivity contribution in [3.05, 3.63) is 24.0 Å². The molecule has 0 aliphatic heterocycles. The predicted octanol–water partition coefficient (Wildman–Crippen LogP) is 0.528. The first-order valence-electron chi connectivity index (χ1n) is 5.62. The Bertz CT molecular complexity index is 429. The van der Waals surface area contributed by atoms with Crippen molar-refractivity contribution in [1.29, 1.82) is 0 Å². The quantitative estimate of drug-likeness (QED) is 0.795. The topological polar surface area (TPSA) is 96.5 Å². The molecule has 0 saturated carbocycles. The second-order valence-corrected chi connectivity index (χ2v) is 4.27. The molecule has 1 aromatic rings. The van der Waals surface area contributed by atoms with Crippen LogP contribution < -0.4 is 5.73 Å². The number of aromatic nitrogens is 1.